The highest BCUT2D eigenvalue weighted by Crippen LogP contribution is 2.19. The lowest BCUT2D eigenvalue weighted by atomic mass is 10.0. The second-order valence-corrected chi connectivity index (χ2v) is 9.90. The van der Waals surface area contributed by atoms with E-state index in [1.54, 1.807) is 29.2 Å². The molecular formula is C29H32BrClN2O3. The van der Waals surface area contributed by atoms with Gasteiger partial charge in [0.2, 0.25) is 11.8 Å². The van der Waals surface area contributed by atoms with Crippen molar-refractivity contribution < 1.29 is 14.3 Å². The average Bonchev–Trinajstić information content (AvgIpc) is 2.89. The summed E-state index contributed by atoms with van der Waals surface area (Å²) in [5.74, 6) is 0.494. The van der Waals surface area contributed by atoms with E-state index in [-0.39, 0.29) is 18.2 Å². The highest BCUT2D eigenvalue weighted by Gasteiger charge is 2.30. The minimum Gasteiger partial charge on any atom is -0.494 e. The first-order valence-corrected chi connectivity index (χ1v) is 13.4. The van der Waals surface area contributed by atoms with Crippen LogP contribution >= 0.6 is 27.5 Å². The maximum absolute atomic E-state index is 13.5. The Kier molecular flexibility index (Phi) is 11.3. The van der Waals surface area contributed by atoms with Crippen LogP contribution in [0.25, 0.3) is 0 Å². The Morgan fingerprint density at radius 3 is 2.33 bits per heavy atom. The normalized spacial score (nSPS) is 11.5. The van der Waals surface area contributed by atoms with Gasteiger partial charge in [-0.25, -0.2) is 0 Å². The summed E-state index contributed by atoms with van der Waals surface area (Å²) in [6.07, 6.45) is 2.08. The minimum atomic E-state index is -0.618. The van der Waals surface area contributed by atoms with Crippen molar-refractivity contribution in [2.24, 2.45) is 0 Å². The van der Waals surface area contributed by atoms with E-state index in [4.69, 9.17) is 16.3 Å². The van der Waals surface area contributed by atoms with Gasteiger partial charge in [0.05, 0.1) is 6.61 Å². The molecule has 3 aromatic rings. The van der Waals surface area contributed by atoms with Crippen LogP contribution < -0.4 is 10.1 Å². The molecule has 0 aliphatic heterocycles. The highest BCUT2D eigenvalue weighted by atomic mass is 79.9. The monoisotopic (exact) mass is 570 g/mol. The Morgan fingerprint density at radius 2 is 1.67 bits per heavy atom. The predicted octanol–water partition coefficient (Wildman–Crippen LogP) is 6.43. The van der Waals surface area contributed by atoms with Crippen LogP contribution in [0.3, 0.4) is 0 Å². The fourth-order valence-corrected chi connectivity index (χ4v) is 4.18. The molecule has 0 bridgehead atoms. The lowest BCUT2D eigenvalue weighted by molar-refractivity contribution is -0.141. The molecule has 3 aromatic carbocycles. The fraction of sp³-hybridized carbons (Fsp3) is 0.310. The van der Waals surface area contributed by atoms with E-state index < -0.39 is 6.04 Å². The van der Waals surface area contributed by atoms with Gasteiger partial charge >= 0.3 is 0 Å². The van der Waals surface area contributed by atoms with Crippen molar-refractivity contribution in [1.82, 2.24) is 10.2 Å². The molecule has 0 unspecified atom stereocenters. The molecule has 7 heteroatoms. The standard InChI is InChI=1S/C29H32BrClN2O3/c1-2-18-32-29(35)27(20-22-7-4-3-5-8-22)33(21-23-10-12-24(30)13-11-23)28(34)9-6-19-36-26-16-14-25(31)15-17-26/h3-5,7-8,10-17,27H,2,6,9,18-21H2,1H3,(H,32,35)/t27-/m1/s1. The maximum Gasteiger partial charge on any atom is 0.243 e. The molecule has 0 aliphatic carbocycles. The molecular weight excluding hydrogens is 540 g/mol. The van der Waals surface area contributed by atoms with Crippen molar-refractivity contribution >= 4 is 39.3 Å². The number of benzene rings is 3. The summed E-state index contributed by atoms with van der Waals surface area (Å²) in [6.45, 7) is 3.32. The maximum atomic E-state index is 13.5. The van der Waals surface area contributed by atoms with Gasteiger partial charge in [0.15, 0.2) is 0 Å². The van der Waals surface area contributed by atoms with Crippen LogP contribution in [0.5, 0.6) is 5.75 Å². The summed E-state index contributed by atoms with van der Waals surface area (Å²) in [7, 11) is 0. The summed E-state index contributed by atoms with van der Waals surface area (Å²) in [5.41, 5.74) is 1.97. The molecule has 2 amide bonds. The Labute approximate surface area is 226 Å². The van der Waals surface area contributed by atoms with Crippen LogP contribution in [0.4, 0.5) is 0 Å². The molecule has 0 fully saturated rings. The highest BCUT2D eigenvalue weighted by molar-refractivity contribution is 9.10. The van der Waals surface area contributed by atoms with Crippen molar-refractivity contribution in [3.63, 3.8) is 0 Å². The van der Waals surface area contributed by atoms with E-state index in [0.717, 1.165) is 22.0 Å². The third kappa shape index (κ3) is 8.99. The predicted molar refractivity (Wildman–Crippen MR) is 148 cm³/mol. The number of hydrogen-bond acceptors (Lipinski definition) is 3. The average molecular weight is 572 g/mol. The number of halogens is 2. The second kappa shape index (κ2) is 14.7. The van der Waals surface area contributed by atoms with Crippen molar-refractivity contribution in [2.45, 2.75) is 45.2 Å². The summed E-state index contributed by atoms with van der Waals surface area (Å²) < 4.78 is 6.73. The number of rotatable bonds is 13. The zero-order valence-electron chi connectivity index (χ0n) is 20.5. The number of amides is 2. The first-order chi connectivity index (χ1) is 17.5. The molecule has 0 aromatic heterocycles. The van der Waals surface area contributed by atoms with Gasteiger partial charge in [0.1, 0.15) is 11.8 Å². The topological polar surface area (TPSA) is 58.6 Å². The quantitative estimate of drug-likeness (QED) is 0.241. The SMILES string of the molecule is CCCNC(=O)[C@@H](Cc1ccccc1)N(Cc1ccc(Br)cc1)C(=O)CCCOc1ccc(Cl)cc1. The Morgan fingerprint density at radius 1 is 0.972 bits per heavy atom. The molecule has 0 heterocycles. The summed E-state index contributed by atoms with van der Waals surface area (Å²) in [6, 6.07) is 24.2. The molecule has 36 heavy (non-hydrogen) atoms. The third-order valence-corrected chi connectivity index (χ3v) is 6.48. The van der Waals surface area contributed by atoms with Gasteiger partial charge in [0, 0.05) is 35.4 Å². The van der Waals surface area contributed by atoms with Crippen molar-refractivity contribution in [1.29, 1.82) is 0 Å². The number of carbonyl (C=O) groups excluding carboxylic acids is 2. The van der Waals surface area contributed by atoms with Gasteiger partial charge in [-0.3, -0.25) is 9.59 Å². The Balaban J connectivity index is 1.76. The fourth-order valence-electron chi connectivity index (χ4n) is 3.79. The van der Waals surface area contributed by atoms with Crippen LogP contribution in [-0.4, -0.2) is 35.9 Å². The van der Waals surface area contributed by atoms with Crippen molar-refractivity contribution in [3.05, 3.63) is 99.5 Å². The van der Waals surface area contributed by atoms with Gasteiger partial charge in [-0.05, 0) is 60.4 Å². The number of carbonyl (C=O) groups is 2. The molecule has 1 atom stereocenters. The largest absolute Gasteiger partial charge is 0.494 e. The molecule has 3 rings (SSSR count). The first kappa shape index (κ1) is 27.8. The molecule has 0 saturated carbocycles. The van der Waals surface area contributed by atoms with Crippen LogP contribution in [0.15, 0.2) is 83.3 Å². The van der Waals surface area contributed by atoms with Crippen LogP contribution in [-0.2, 0) is 22.6 Å². The van der Waals surface area contributed by atoms with Crippen LogP contribution in [0.2, 0.25) is 5.02 Å². The van der Waals surface area contributed by atoms with Gasteiger partial charge < -0.3 is 15.0 Å². The second-order valence-electron chi connectivity index (χ2n) is 8.55. The number of nitrogens with one attached hydrogen (secondary N) is 1. The van der Waals surface area contributed by atoms with E-state index in [0.29, 0.717) is 43.3 Å². The Hall–Kier alpha value is -2.83. The van der Waals surface area contributed by atoms with E-state index in [1.165, 1.54) is 0 Å². The molecule has 190 valence electrons. The zero-order valence-corrected chi connectivity index (χ0v) is 22.8. The summed E-state index contributed by atoms with van der Waals surface area (Å²) in [5, 5.41) is 3.65. The molecule has 0 aliphatic rings. The zero-order chi connectivity index (χ0) is 25.8. The smallest absolute Gasteiger partial charge is 0.243 e. The van der Waals surface area contributed by atoms with Crippen molar-refractivity contribution in [2.75, 3.05) is 13.2 Å². The molecule has 0 radical (unpaired) electrons. The van der Waals surface area contributed by atoms with Gasteiger partial charge in [-0.1, -0.05) is 76.9 Å². The minimum absolute atomic E-state index is 0.0785. The van der Waals surface area contributed by atoms with E-state index in [9.17, 15) is 9.59 Å². The molecule has 5 nitrogen and oxygen atoms in total. The summed E-state index contributed by atoms with van der Waals surface area (Å²) >= 11 is 9.39. The van der Waals surface area contributed by atoms with Gasteiger partial charge in [-0.2, -0.15) is 0 Å². The number of hydrogen-bond donors (Lipinski definition) is 1. The summed E-state index contributed by atoms with van der Waals surface area (Å²) in [4.78, 5) is 28.5. The van der Waals surface area contributed by atoms with E-state index in [1.807, 2.05) is 61.5 Å². The molecule has 0 spiro atoms. The Bertz CT molecular complexity index is 1090. The van der Waals surface area contributed by atoms with Crippen LogP contribution in [0.1, 0.15) is 37.3 Å². The lowest BCUT2D eigenvalue weighted by Gasteiger charge is -2.31. The number of ether oxygens (including phenoxy) is 1. The van der Waals surface area contributed by atoms with Gasteiger partial charge in [0.25, 0.3) is 0 Å². The molecule has 1 N–H and O–H groups in total. The van der Waals surface area contributed by atoms with Crippen LogP contribution in [0, 0.1) is 0 Å². The van der Waals surface area contributed by atoms with E-state index >= 15 is 0 Å². The lowest BCUT2D eigenvalue weighted by Crippen LogP contribution is -2.50. The van der Waals surface area contributed by atoms with Gasteiger partial charge in [-0.15, -0.1) is 0 Å². The third-order valence-electron chi connectivity index (χ3n) is 5.70. The van der Waals surface area contributed by atoms with E-state index in [2.05, 4.69) is 21.2 Å². The molecule has 0 saturated heterocycles. The first-order valence-electron chi connectivity index (χ1n) is 12.2. The van der Waals surface area contributed by atoms with Crippen molar-refractivity contribution in [3.8, 4) is 5.75 Å². The number of nitrogens with zero attached hydrogens (tertiary/aromatic N) is 1.